The molecule has 2 N–H and O–H groups in total. The molecule has 1 aliphatic rings. The molecule has 1 saturated carbocycles. The Morgan fingerprint density at radius 2 is 2.46 bits per heavy atom. The molecule has 3 nitrogen and oxygen atoms in total. The fourth-order valence-electron chi connectivity index (χ4n) is 1.54. The van der Waals surface area contributed by atoms with Gasteiger partial charge in [-0.25, -0.2) is 0 Å². The Balaban J connectivity index is 1.93. The van der Waals surface area contributed by atoms with Gasteiger partial charge in [0.05, 0.1) is 0 Å². The van der Waals surface area contributed by atoms with Gasteiger partial charge < -0.3 is 5.32 Å². The number of aromatic nitrogens is 2. The van der Waals surface area contributed by atoms with Crippen molar-refractivity contribution in [3.8, 4) is 0 Å². The van der Waals surface area contributed by atoms with Crippen molar-refractivity contribution in [2.24, 2.45) is 5.92 Å². The number of H-pyrrole nitrogens is 1. The fourth-order valence-corrected chi connectivity index (χ4v) is 2.43. The zero-order valence-electron chi connectivity index (χ0n) is 7.54. The summed E-state index contributed by atoms with van der Waals surface area (Å²) in [7, 11) is 0. The first-order chi connectivity index (χ1) is 6.25. The molecule has 0 spiro atoms. The highest BCUT2D eigenvalue weighted by atomic mass is 32.1. The molecule has 72 valence electrons. The van der Waals surface area contributed by atoms with Crippen LogP contribution in [0.1, 0.15) is 26.2 Å². The van der Waals surface area contributed by atoms with E-state index < -0.39 is 0 Å². The van der Waals surface area contributed by atoms with Gasteiger partial charge in [-0.15, -0.1) is 5.10 Å². The number of nitrogens with zero attached hydrogens (tertiary/aromatic N) is 1. The van der Waals surface area contributed by atoms with E-state index in [0.717, 1.165) is 15.0 Å². The van der Waals surface area contributed by atoms with Gasteiger partial charge in [-0.05, 0) is 37.9 Å². The van der Waals surface area contributed by atoms with Crippen LogP contribution in [0.4, 0.5) is 5.13 Å². The number of hydrogen-bond acceptors (Lipinski definition) is 4. The lowest BCUT2D eigenvalue weighted by Gasteiger charge is -2.31. The van der Waals surface area contributed by atoms with Gasteiger partial charge in [0.15, 0.2) is 3.95 Å². The summed E-state index contributed by atoms with van der Waals surface area (Å²) in [6, 6.07) is 0.530. The Bertz CT molecular complexity index is 326. The number of nitrogens with one attached hydrogen (secondary N) is 2. The van der Waals surface area contributed by atoms with E-state index in [0.29, 0.717) is 6.04 Å². The maximum atomic E-state index is 4.95. The zero-order chi connectivity index (χ0) is 9.26. The lowest BCUT2D eigenvalue weighted by atomic mass is 9.80. The minimum absolute atomic E-state index is 0.530. The van der Waals surface area contributed by atoms with E-state index in [1.807, 2.05) is 0 Å². The summed E-state index contributed by atoms with van der Waals surface area (Å²) in [6.45, 7) is 2.22. The van der Waals surface area contributed by atoms with Crippen LogP contribution < -0.4 is 5.32 Å². The molecule has 0 bridgehead atoms. The Hall–Kier alpha value is -0.420. The quantitative estimate of drug-likeness (QED) is 0.762. The summed E-state index contributed by atoms with van der Waals surface area (Å²) in [5, 5.41) is 11.1. The number of rotatable bonds is 3. The SMILES string of the molecule is CC(Nc1n[nH]c(=S)s1)C1CCC1. The second kappa shape index (κ2) is 3.75. The van der Waals surface area contributed by atoms with Crippen molar-refractivity contribution in [3.05, 3.63) is 3.95 Å². The van der Waals surface area contributed by atoms with Crippen molar-refractivity contribution in [2.45, 2.75) is 32.2 Å². The van der Waals surface area contributed by atoms with E-state index in [4.69, 9.17) is 12.2 Å². The molecule has 1 aromatic heterocycles. The molecule has 0 aromatic carbocycles. The molecular formula is C8H13N3S2. The molecule has 0 amide bonds. The molecule has 0 radical (unpaired) electrons. The number of anilines is 1. The molecule has 1 aliphatic carbocycles. The highest BCUT2D eigenvalue weighted by Gasteiger charge is 2.24. The molecule has 1 unspecified atom stereocenters. The van der Waals surface area contributed by atoms with Crippen molar-refractivity contribution >= 4 is 28.7 Å². The van der Waals surface area contributed by atoms with Crippen LogP contribution in [0.3, 0.4) is 0 Å². The first-order valence-electron chi connectivity index (χ1n) is 4.58. The zero-order valence-corrected chi connectivity index (χ0v) is 9.17. The Morgan fingerprint density at radius 3 is 2.92 bits per heavy atom. The molecule has 0 aliphatic heterocycles. The van der Waals surface area contributed by atoms with Gasteiger partial charge in [-0.1, -0.05) is 17.8 Å². The van der Waals surface area contributed by atoms with Gasteiger partial charge >= 0.3 is 0 Å². The van der Waals surface area contributed by atoms with E-state index in [9.17, 15) is 0 Å². The van der Waals surface area contributed by atoms with Crippen LogP contribution in [0, 0.1) is 9.87 Å². The average molecular weight is 215 g/mol. The number of aromatic amines is 1. The molecule has 5 heteroatoms. The smallest absolute Gasteiger partial charge is 0.204 e. The van der Waals surface area contributed by atoms with E-state index in [-0.39, 0.29) is 0 Å². The topological polar surface area (TPSA) is 40.7 Å². The fraction of sp³-hybridized carbons (Fsp3) is 0.750. The Morgan fingerprint density at radius 1 is 1.69 bits per heavy atom. The first kappa shape index (κ1) is 9.15. The molecule has 1 fully saturated rings. The van der Waals surface area contributed by atoms with E-state index in [1.165, 1.54) is 30.6 Å². The normalized spacial score (nSPS) is 19.5. The van der Waals surface area contributed by atoms with Crippen LogP contribution in [0.25, 0.3) is 0 Å². The summed E-state index contributed by atoms with van der Waals surface area (Å²) in [5.41, 5.74) is 0. The summed E-state index contributed by atoms with van der Waals surface area (Å²) < 4.78 is 0.739. The average Bonchev–Trinajstić information content (AvgIpc) is 2.31. The molecule has 1 heterocycles. The van der Waals surface area contributed by atoms with E-state index in [2.05, 4.69) is 22.4 Å². The largest absolute Gasteiger partial charge is 0.357 e. The minimum atomic E-state index is 0.530. The van der Waals surface area contributed by atoms with Crippen molar-refractivity contribution in [2.75, 3.05) is 5.32 Å². The van der Waals surface area contributed by atoms with Crippen LogP contribution in [0.2, 0.25) is 0 Å². The van der Waals surface area contributed by atoms with Crippen LogP contribution in [0.5, 0.6) is 0 Å². The van der Waals surface area contributed by atoms with Crippen LogP contribution in [-0.2, 0) is 0 Å². The van der Waals surface area contributed by atoms with Crippen LogP contribution in [0.15, 0.2) is 0 Å². The maximum Gasteiger partial charge on any atom is 0.204 e. The Labute approximate surface area is 86.6 Å². The minimum Gasteiger partial charge on any atom is -0.357 e. The van der Waals surface area contributed by atoms with E-state index >= 15 is 0 Å². The van der Waals surface area contributed by atoms with Crippen LogP contribution in [-0.4, -0.2) is 16.2 Å². The van der Waals surface area contributed by atoms with Gasteiger partial charge in [-0.3, -0.25) is 5.10 Å². The third-order valence-electron chi connectivity index (χ3n) is 2.65. The Kier molecular flexibility index (Phi) is 2.64. The summed E-state index contributed by atoms with van der Waals surface area (Å²) >= 11 is 6.46. The monoisotopic (exact) mass is 215 g/mol. The number of hydrogen-bond donors (Lipinski definition) is 2. The molecule has 1 atom stereocenters. The molecule has 2 rings (SSSR count). The van der Waals surface area contributed by atoms with Gasteiger partial charge in [0, 0.05) is 6.04 Å². The second-order valence-corrected chi connectivity index (χ2v) is 5.21. The molecule has 13 heavy (non-hydrogen) atoms. The van der Waals surface area contributed by atoms with Crippen molar-refractivity contribution in [3.63, 3.8) is 0 Å². The van der Waals surface area contributed by atoms with Crippen molar-refractivity contribution in [1.29, 1.82) is 0 Å². The maximum absolute atomic E-state index is 4.95. The highest BCUT2D eigenvalue weighted by molar-refractivity contribution is 7.73. The van der Waals surface area contributed by atoms with Gasteiger partial charge in [0.25, 0.3) is 0 Å². The lowest BCUT2D eigenvalue weighted by Crippen LogP contribution is -2.30. The summed E-state index contributed by atoms with van der Waals surface area (Å²) in [5.74, 6) is 0.831. The summed E-state index contributed by atoms with van der Waals surface area (Å²) in [4.78, 5) is 0. The highest BCUT2D eigenvalue weighted by Crippen LogP contribution is 2.31. The van der Waals surface area contributed by atoms with Crippen molar-refractivity contribution in [1.82, 2.24) is 10.2 Å². The van der Waals surface area contributed by atoms with Crippen molar-refractivity contribution < 1.29 is 0 Å². The summed E-state index contributed by atoms with van der Waals surface area (Å²) in [6.07, 6.45) is 4.08. The molecular weight excluding hydrogens is 202 g/mol. The van der Waals surface area contributed by atoms with Gasteiger partial charge in [0.2, 0.25) is 5.13 Å². The molecule has 0 saturated heterocycles. The molecule has 1 aromatic rings. The third-order valence-corrected chi connectivity index (χ3v) is 3.67. The third kappa shape index (κ3) is 2.08. The first-order valence-corrected chi connectivity index (χ1v) is 5.80. The predicted molar refractivity (Wildman–Crippen MR) is 57.7 cm³/mol. The van der Waals surface area contributed by atoms with Gasteiger partial charge in [-0.2, -0.15) is 0 Å². The van der Waals surface area contributed by atoms with Gasteiger partial charge in [0.1, 0.15) is 0 Å². The predicted octanol–water partition coefficient (Wildman–Crippen LogP) is 2.80. The van der Waals surface area contributed by atoms with E-state index in [1.54, 1.807) is 0 Å². The lowest BCUT2D eigenvalue weighted by molar-refractivity contribution is 0.285. The standard InChI is InChI=1S/C8H13N3S2/c1-5(6-3-2-4-6)9-7-10-11-8(12)13-7/h5-6H,2-4H2,1H3,(H,9,10)(H,11,12). The van der Waals surface area contributed by atoms with Crippen LogP contribution >= 0.6 is 23.6 Å². The second-order valence-electron chi connectivity index (χ2n) is 3.54.